The lowest BCUT2D eigenvalue weighted by molar-refractivity contribution is -0.133. The second-order valence-electron chi connectivity index (χ2n) is 5.97. The largest absolute Gasteiger partial charge is 0.394 e. The summed E-state index contributed by atoms with van der Waals surface area (Å²) >= 11 is 5.98. The lowest BCUT2D eigenvalue weighted by atomic mass is 10.0. The Morgan fingerprint density at radius 3 is 2.61 bits per heavy atom. The highest BCUT2D eigenvalue weighted by molar-refractivity contribution is 6.30. The molecule has 1 aromatic carbocycles. The van der Waals surface area contributed by atoms with Crippen LogP contribution in [-0.2, 0) is 4.79 Å². The van der Waals surface area contributed by atoms with Gasteiger partial charge in [-0.1, -0.05) is 23.7 Å². The fourth-order valence-electron chi connectivity index (χ4n) is 3.27. The predicted molar refractivity (Wildman–Crippen MR) is 90.5 cm³/mol. The van der Waals surface area contributed by atoms with E-state index in [2.05, 4.69) is 0 Å². The van der Waals surface area contributed by atoms with Crippen LogP contribution in [0.25, 0.3) is 0 Å². The summed E-state index contributed by atoms with van der Waals surface area (Å²) in [7, 11) is 0. The molecule has 4 nitrogen and oxygen atoms in total. The van der Waals surface area contributed by atoms with E-state index < -0.39 is 0 Å². The molecule has 3 rings (SSSR count). The number of rotatable bonds is 5. The van der Waals surface area contributed by atoms with Gasteiger partial charge >= 0.3 is 0 Å². The van der Waals surface area contributed by atoms with E-state index in [1.54, 1.807) is 0 Å². The first-order valence-electron chi connectivity index (χ1n) is 7.97. The maximum absolute atomic E-state index is 12.7. The zero-order valence-electron chi connectivity index (χ0n) is 12.9. The monoisotopic (exact) mass is 332 g/mol. The van der Waals surface area contributed by atoms with Crippen LogP contribution >= 0.6 is 11.6 Å². The molecule has 5 heteroatoms. The zero-order valence-corrected chi connectivity index (χ0v) is 13.7. The second-order valence-corrected chi connectivity index (χ2v) is 6.40. The fraction of sp³-hybridized carbons (Fsp3) is 0.389. The van der Waals surface area contributed by atoms with Crippen LogP contribution < -0.4 is 0 Å². The molecule has 0 bridgehead atoms. The van der Waals surface area contributed by atoms with E-state index in [1.807, 2.05) is 58.3 Å². The van der Waals surface area contributed by atoms with Crippen LogP contribution in [0.3, 0.4) is 0 Å². The Balaban J connectivity index is 1.82. The van der Waals surface area contributed by atoms with Gasteiger partial charge in [-0.15, -0.1) is 0 Å². The second kappa shape index (κ2) is 7.20. The van der Waals surface area contributed by atoms with Crippen molar-refractivity contribution in [1.82, 2.24) is 9.47 Å². The molecule has 23 heavy (non-hydrogen) atoms. The number of aliphatic hydroxyl groups excluding tert-OH is 1. The molecular weight excluding hydrogens is 312 g/mol. The number of aromatic nitrogens is 1. The van der Waals surface area contributed by atoms with E-state index in [0.29, 0.717) is 11.4 Å². The fourth-order valence-corrected chi connectivity index (χ4v) is 3.40. The van der Waals surface area contributed by atoms with Crippen LogP contribution in [0.2, 0.25) is 5.02 Å². The van der Waals surface area contributed by atoms with E-state index in [4.69, 9.17) is 11.6 Å². The Labute approximate surface area is 141 Å². The summed E-state index contributed by atoms with van der Waals surface area (Å²) in [5.74, 6) is 0.0928. The van der Waals surface area contributed by atoms with E-state index in [-0.39, 0.29) is 24.6 Å². The summed E-state index contributed by atoms with van der Waals surface area (Å²) in [6, 6.07) is 11.5. The molecule has 0 saturated carbocycles. The number of hydrogen-bond acceptors (Lipinski definition) is 2. The highest BCUT2D eigenvalue weighted by Gasteiger charge is 2.30. The molecule has 1 saturated heterocycles. The van der Waals surface area contributed by atoms with Gasteiger partial charge in [0, 0.05) is 24.0 Å². The van der Waals surface area contributed by atoms with E-state index in [9.17, 15) is 9.90 Å². The number of amides is 1. The van der Waals surface area contributed by atoms with Crippen LogP contribution in [0, 0.1) is 0 Å². The normalized spacial score (nSPS) is 19.0. The quantitative estimate of drug-likeness (QED) is 0.914. The van der Waals surface area contributed by atoms with Gasteiger partial charge in [-0.2, -0.15) is 0 Å². The number of aliphatic hydroxyl groups is 1. The van der Waals surface area contributed by atoms with Crippen molar-refractivity contribution in [1.29, 1.82) is 0 Å². The summed E-state index contributed by atoms with van der Waals surface area (Å²) in [6.07, 6.45) is 6.18. The first-order valence-corrected chi connectivity index (χ1v) is 8.35. The van der Waals surface area contributed by atoms with Crippen LogP contribution in [-0.4, -0.2) is 39.7 Å². The number of carbonyl (C=O) groups is 1. The molecule has 1 unspecified atom stereocenters. The number of nitrogens with zero attached hydrogens (tertiary/aromatic N) is 2. The molecule has 0 spiro atoms. The van der Waals surface area contributed by atoms with E-state index in [0.717, 1.165) is 24.9 Å². The van der Waals surface area contributed by atoms with Crippen molar-refractivity contribution in [3.05, 3.63) is 59.4 Å². The van der Waals surface area contributed by atoms with Crippen molar-refractivity contribution < 1.29 is 9.90 Å². The Morgan fingerprint density at radius 1 is 1.26 bits per heavy atom. The van der Waals surface area contributed by atoms with E-state index >= 15 is 0 Å². The molecule has 1 fully saturated rings. The van der Waals surface area contributed by atoms with Crippen molar-refractivity contribution >= 4 is 17.5 Å². The van der Waals surface area contributed by atoms with Gasteiger partial charge in [-0.05, 0) is 42.7 Å². The molecule has 0 radical (unpaired) electrons. The number of benzene rings is 1. The van der Waals surface area contributed by atoms with Gasteiger partial charge in [0.15, 0.2) is 0 Å². The number of halogens is 1. The maximum atomic E-state index is 12.7. The lowest BCUT2D eigenvalue weighted by Gasteiger charge is -2.26. The van der Waals surface area contributed by atoms with Gasteiger partial charge in [0.1, 0.15) is 0 Å². The third-order valence-electron chi connectivity index (χ3n) is 4.52. The molecule has 2 heterocycles. The van der Waals surface area contributed by atoms with Crippen molar-refractivity contribution in [2.75, 3.05) is 13.2 Å². The summed E-state index contributed by atoms with van der Waals surface area (Å²) in [4.78, 5) is 14.6. The first-order chi connectivity index (χ1) is 11.2. The van der Waals surface area contributed by atoms with Crippen LogP contribution in [0.5, 0.6) is 0 Å². The molecule has 2 atom stereocenters. The Morgan fingerprint density at radius 2 is 1.96 bits per heavy atom. The van der Waals surface area contributed by atoms with Crippen LogP contribution in [0.4, 0.5) is 0 Å². The van der Waals surface area contributed by atoms with Crippen molar-refractivity contribution in [2.45, 2.75) is 31.3 Å². The molecule has 1 aliphatic rings. The smallest absolute Gasteiger partial charge is 0.225 e. The number of carbonyl (C=O) groups excluding carboxylic acids is 1. The Bertz CT molecular complexity index is 640. The molecular formula is C18H21ClN2O2. The molecule has 1 N–H and O–H groups in total. The standard InChI is InChI=1S/C18H21ClN2O2/c19-15-7-5-14(6-8-15)17(20-9-1-2-10-20)12-18(23)21-11-3-4-16(21)13-22/h1-2,5-10,16-17,22H,3-4,11-13H2/t16-,17?/m1/s1. The summed E-state index contributed by atoms with van der Waals surface area (Å²) < 4.78 is 2.05. The molecule has 0 aliphatic carbocycles. The van der Waals surface area contributed by atoms with Crippen LogP contribution in [0.1, 0.15) is 30.9 Å². The Hall–Kier alpha value is -1.78. The van der Waals surface area contributed by atoms with Gasteiger partial charge in [-0.3, -0.25) is 4.79 Å². The number of hydrogen-bond donors (Lipinski definition) is 1. The zero-order chi connectivity index (χ0) is 16.2. The van der Waals surface area contributed by atoms with Gasteiger partial charge in [0.25, 0.3) is 0 Å². The third kappa shape index (κ3) is 3.59. The van der Waals surface area contributed by atoms with Crippen molar-refractivity contribution in [3.8, 4) is 0 Å². The third-order valence-corrected chi connectivity index (χ3v) is 4.77. The Kier molecular flexibility index (Phi) is 5.03. The van der Waals surface area contributed by atoms with Gasteiger partial charge in [-0.25, -0.2) is 0 Å². The average Bonchev–Trinajstić information content (AvgIpc) is 3.24. The minimum Gasteiger partial charge on any atom is -0.394 e. The molecule has 2 aromatic rings. The lowest BCUT2D eigenvalue weighted by Crippen LogP contribution is -2.38. The van der Waals surface area contributed by atoms with Gasteiger partial charge in [0.2, 0.25) is 5.91 Å². The predicted octanol–water partition coefficient (Wildman–Crippen LogP) is 3.10. The molecule has 1 aliphatic heterocycles. The highest BCUT2D eigenvalue weighted by atomic mass is 35.5. The van der Waals surface area contributed by atoms with Gasteiger partial charge < -0.3 is 14.6 Å². The SMILES string of the molecule is O=C(CC(c1ccc(Cl)cc1)n1cccc1)N1CCC[C@@H]1CO. The van der Waals surface area contributed by atoms with Crippen molar-refractivity contribution in [2.24, 2.45) is 0 Å². The average molecular weight is 333 g/mol. The summed E-state index contributed by atoms with van der Waals surface area (Å²) in [5, 5.41) is 10.1. The minimum absolute atomic E-state index is 0.0296. The first kappa shape index (κ1) is 16.1. The minimum atomic E-state index is -0.0605. The highest BCUT2D eigenvalue weighted by Crippen LogP contribution is 2.27. The molecule has 1 amide bonds. The van der Waals surface area contributed by atoms with Crippen LogP contribution in [0.15, 0.2) is 48.8 Å². The number of likely N-dealkylation sites (tertiary alicyclic amines) is 1. The van der Waals surface area contributed by atoms with Gasteiger partial charge in [0.05, 0.1) is 25.1 Å². The molecule has 1 aromatic heterocycles. The van der Waals surface area contributed by atoms with E-state index in [1.165, 1.54) is 0 Å². The van der Waals surface area contributed by atoms with Crippen molar-refractivity contribution in [3.63, 3.8) is 0 Å². The summed E-state index contributed by atoms with van der Waals surface area (Å²) in [5.41, 5.74) is 1.05. The topological polar surface area (TPSA) is 45.5 Å². The maximum Gasteiger partial charge on any atom is 0.225 e. The summed E-state index contributed by atoms with van der Waals surface area (Å²) in [6.45, 7) is 0.782. The molecule has 122 valence electrons.